The second kappa shape index (κ2) is 5.00. The third kappa shape index (κ3) is 1.97. The van der Waals surface area contributed by atoms with Gasteiger partial charge >= 0.3 is 0 Å². The van der Waals surface area contributed by atoms with Gasteiger partial charge in [0, 0.05) is 22.7 Å². The smallest absolute Gasteiger partial charge is 0.159 e. The predicted molar refractivity (Wildman–Crippen MR) is 103 cm³/mol. The van der Waals surface area contributed by atoms with E-state index in [1.807, 2.05) is 24.4 Å². The van der Waals surface area contributed by atoms with Crippen molar-refractivity contribution in [3.8, 4) is 22.5 Å². The zero-order chi connectivity index (χ0) is 17.0. The Bertz CT molecular complexity index is 1110. The van der Waals surface area contributed by atoms with E-state index in [9.17, 15) is 0 Å². The highest BCUT2D eigenvalue weighted by Crippen LogP contribution is 2.50. The molecule has 0 radical (unpaired) electrons. The van der Waals surface area contributed by atoms with Crippen molar-refractivity contribution in [1.82, 2.24) is 9.97 Å². The Labute approximate surface area is 147 Å². The van der Waals surface area contributed by atoms with Crippen LogP contribution in [0.5, 0.6) is 0 Å². The van der Waals surface area contributed by atoms with Gasteiger partial charge in [-0.1, -0.05) is 80.6 Å². The molecule has 0 amide bonds. The molecule has 0 atom stereocenters. The van der Waals surface area contributed by atoms with Crippen LogP contribution in [0.1, 0.15) is 25.1 Å². The molecule has 0 fully saturated rings. The fraction of sp³-hybridized carbons (Fsp3) is 0.130. The number of fused-ring (bicyclic) bond motifs is 5. The highest BCUT2D eigenvalue weighted by molar-refractivity contribution is 6.01. The molecule has 0 saturated carbocycles. The van der Waals surface area contributed by atoms with Crippen LogP contribution in [0.15, 0.2) is 72.9 Å². The number of aromatic nitrogens is 2. The first-order valence-electron chi connectivity index (χ1n) is 8.62. The molecular formula is C23H18N2. The van der Waals surface area contributed by atoms with Crippen molar-refractivity contribution in [3.05, 3.63) is 84.2 Å². The van der Waals surface area contributed by atoms with Gasteiger partial charge in [0.05, 0.1) is 5.69 Å². The van der Waals surface area contributed by atoms with Crippen molar-refractivity contribution >= 4 is 10.8 Å². The zero-order valence-electron chi connectivity index (χ0n) is 14.3. The fourth-order valence-corrected chi connectivity index (χ4v) is 3.98. The third-order valence-corrected chi connectivity index (χ3v) is 5.28. The van der Waals surface area contributed by atoms with Gasteiger partial charge in [-0.05, 0) is 21.9 Å². The van der Waals surface area contributed by atoms with Crippen molar-refractivity contribution in [2.24, 2.45) is 0 Å². The molecule has 0 bridgehead atoms. The largest absolute Gasteiger partial charge is 0.236 e. The summed E-state index contributed by atoms with van der Waals surface area (Å²) in [5.74, 6) is 0.796. The molecule has 0 saturated heterocycles. The van der Waals surface area contributed by atoms with Gasteiger partial charge in [-0.15, -0.1) is 0 Å². The summed E-state index contributed by atoms with van der Waals surface area (Å²) in [6.45, 7) is 4.52. The zero-order valence-corrected chi connectivity index (χ0v) is 14.3. The van der Waals surface area contributed by atoms with E-state index in [0.717, 1.165) is 22.6 Å². The Hall–Kier alpha value is -3.00. The number of hydrogen-bond donors (Lipinski definition) is 0. The van der Waals surface area contributed by atoms with E-state index >= 15 is 0 Å². The van der Waals surface area contributed by atoms with Crippen molar-refractivity contribution < 1.29 is 0 Å². The van der Waals surface area contributed by atoms with Gasteiger partial charge in [0.1, 0.15) is 0 Å². The highest BCUT2D eigenvalue weighted by Gasteiger charge is 2.38. The maximum atomic E-state index is 4.99. The van der Waals surface area contributed by atoms with Gasteiger partial charge in [0.15, 0.2) is 5.82 Å². The highest BCUT2D eigenvalue weighted by atomic mass is 14.9. The third-order valence-electron chi connectivity index (χ3n) is 5.28. The lowest BCUT2D eigenvalue weighted by atomic mass is 9.84. The SMILES string of the molecule is CC1(C)c2ccc3ccccc3c2-c2cnc(-c3ccccc3)nc21. The van der Waals surface area contributed by atoms with Crippen LogP contribution in [0.4, 0.5) is 0 Å². The van der Waals surface area contributed by atoms with Crippen LogP contribution in [0, 0.1) is 0 Å². The first-order chi connectivity index (χ1) is 12.2. The topological polar surface area (TPSA) is 25.8 Å². The molecule has 120 valence electrons. The maximum absolute atomic E-state index is 4.99. The summed E-state index contributed by atoms with van der Waals surface area (Å²) in [5, 5.41) is 2.54. The molecule has 25 heavy (non-hydrogen) atoms. The average molecular weight is 322 g/mol. The summed E-state index contributed by atoms with van der Waals surface area (Å²) in [7, 11) is 0. The van der Waals surface area contributed by atoms with E-state index in [4.69, 9.17) is 4.98 Å². The van der Waals surface area contributed by atoms with Crippen LogP contribution >= 0.6 is 0 Å². The van der Waals surface area contributed by atoms with Gasteiger partial charge in [-0.25, -0.2) is 9.97 Å². The van der Waals surface area contributed by atoms with Crippen molar-refractivity contribution in [3.63, 3.8) is 0 Å². The Kier molecular flexibility index (Phi) is 2.87. The molecule has 0 N–H and O–H groups in total. The molecule has 3 aromatic carbocycles. The Morgan fingerprint density at radius 1 is 0.800 bits per heavy atom. The molecule has 5 rings (SSSR count). The van der Waals surface area contributed by atoms with E-state index < -0.39 is 0 Å². The second-order valence-corrected chi connectivity index (χ2v) is 7.16. The van der Waals surface area contributed by atoms with Crippen LogP contribution in [0.3, 0.4) is 0 Å². The lowest BCUT2D eigenvalue weighted by molar-refractivity contribution is 0.636. The maximum Gasteiger partial charge on any atom is 0.159 e. The van der Waals surface area contributed by atoms with Crippen LogP contribution in [-0.4, -0.2) is 9.97 Å². The summed E-state index contributed by atoms with van der Waals surface area (Å²) in [6, 6.07) is 23.2. The summed E-state index contributed by atoms with van der Waals surface area (Å²) in [4.78, 5) is 9.67. The van der Waals surface area contributed by atoms with Crippen LogP contribution in [-0.2, 0) is 5.41 Å². The van der Waals surface area contributed by atoms with E-state index in [-0.39, 0.29) is 5.41 Å². The quantitative estimate of drug-likeness (QED) is 0.455. The van der Waals surface area contributed by atoms with Crippen molar-refractivity contribution in [2.75, 3.05) is 0 Å². The molecule has 1 heterocycles. The van der Waals surface area contributed by atoms with Crippen molar-refractivity contribution in [1.29, 1.82) is 0 Å². The minimum absolute atomic E-state index is 0.124. The molecular weight excluding hydrogens is 304 g/mol. The van der Waals surface area contributed by atoms with E-state index in [2.05, 4.69) is 67.4 Å². The summed E-state index contributed by atoms with van der Waals surface area (Å²) in [6.07, 6.45) is 2.00. The summed E-state index contributed by atoms with van der Waals surface area (Å²) >= 11 is 0. The Balaban J connectivity index is 1.81. The van der Waals surface area contributed by atoms with Gasteiger partial charge < -0.3 is 0 Å². The summed E-state index contributed by atoms with van der Waals surface area (Å²) in [5.41, 5.74) is 5.84. The van der Waals surface area contributed by atoms with Crippen LogP contribution in [0.25, 0.3) is 33.3 Å². The number of nitrogens with zero attached hydrogens (tertiary/aromatic N) is 2. The average Bonchev–Trinajstić information content (AvgIpc) is 2.90. The van der Waals surface area contributed by atoms with Crippen LogP contribution < -0.4 is 0 Å². The standard InChI is InChI=1S/C23H18N2/c1-23(2)19-13-12-15-8-6-7-11-17(15)20(19)18-14-24-22(25-21(18)23)16-9-4-3-5-10-16/h3-14H,1-2H3. The lowest BCUT2D eigenvalue weighted by Gasteiger charge is -2.20. The van der Waals surface area contributed by atoms with Gasteiger partial charge in [-0.2, -0.15) is 0 Å². The lowest BCUT2D eigenvalue weighted by Crippen LogP contribution is -2.17. The number of benzene rings is 3. The van der Waals surface area contributed by atoms with Gasteiger partial charge in [0.25, 0.3) is 0 Å². The normalized spacial score (nSPS) is 14.3. The summed E-state index contributed by atoms with van der Waals surface area (Å²) < 4.78 is 0. The van der Waals surface area contributed by atoms with E-state index in [1.165, 1.54) is 21.9 Å². The molecule has 0 spiro atoms. The molecule has 1 aliphatic carbocycles. The molecule has 2 heteroatoms. The van der Waals surface area contributed by atoms with Crippen molar-refractivity contribution in [2.45, 2.75) is 19.3 Å². The minimum Gasteiger partial charge on any atom is -0.236 e. The number of hydrogen-bond acceptors (Lipinski definition) is 2. The molecule has 1 aromatic heterocycles. The number of rotatable bonds is 1. The molecule has 0 unspecified atom stereocenters. The van der Waals surface area contributed by atoms with Crippen LogP contribution in [0.2, 0.25) is 0 Å². The Morgan fingerprint density at radius 3 is 2.40 bits per heavy atom. The van der Waals surface area contributed by atoms with E-state index in [1.54, 1.807) is 0 Å². The molecule has 1 aliphatic rings. The monoisotopic (exact) mass is 322 g/mol. The Morgan fingerprint density at radius 2 is 1.56 bits per heavy atom. The van der Waals surface area contributed by atoms with Gasteiger partial charge in [-0.3, -0.25) is 0 Å². The minimum atomic E-state index is -0.124. The fourth-order valence-electron chi connectivity index (χ4n) is 3.98. The van der Waals surface area contributed by atoms with Gasteiger partial charge in [0.2, 0.25) is 0 Å². The first-order valence-corrected chi connectivity index (χ1v) is 8.62. The molecule has 0 aliphatic heterocycles. The predicted octanol–water partition coefficient (Wildman–Crippen LogP) is 5.60. The molecule has 2 nitrogen and oxygen atoms in total. The first kappa shape index (κ1) is 14.4. The molecule has 4 aromatic rings. The van der Waals surface area contributed by atoms with E-state index in [0.29, 0.717) is 0 Å². The second-order valence-electron chi connectivity index (χ2n) is 7.16.